The predicted octanol–water partition coefficient (Wildman–Crippen LogP) is 6.86. The standard InChI is InChI=1S/C23H40N2O2S/c1-23(2,3)27-22(26)25-19-13-11-9-7-5-6-8-10-12-18-24-20-14-16-21(28-4)17-15-20/h14-17,24H,5-13,18-19H2,1-4H3,(H,25,26). The molecule has 0 fully saturated rings. The normalized spacial score (nSPS) is 11.3. The summed E-state index contributed by atoms with van der Waals surface area (Å²) < 4.78 is 5.22. The monoisotopic (exact) mass is 408 g/mol. The number of carbonyl (C=O) groups is 1. The van der Waals surface area contributed by atoms with Crippen molar-refractivity contribution in [3.63, 3.8) is 0 Å². The Hall–Kier alpha value is -1.36. The Morgan fingerprint density at radius 1 is 0.857 bits per heavy atom. The van der Waals surface area contributed by atoms with Gasteiger partial charge >= 0.3 is 6.09 Å². The van der Waals surface area contributed by atoms with E-state index in [0.717, 1.165) is 13.0 Å². The molecule has 1 aromatic rings. The molecule has 0 saturated carbocycles. The van der Waals surface area contributed by atoms with Gasteiger partial charge in [-0.2, -0.15) is 0 Å². The van der Waals surface area contributed by atoms with E-state index < -0.39 is 5.60 Å². The zero-order valence-corrected chi connectivity index (χ0v) is 19.1. The SMILES string of the molecule is CSc1ccc(NCCCCCCCCCCCNC(=O)OC(C)(C)C)cc1. The fraction of sp³-hybridized carbons (Fsp3) is 0.696. The fourth-order valence-electron chi connectivity index (χ4n) is 2.93. The molecule has 5 heteroatoms. The second-order valence-corrected chi connectivity index (χ2v) is 9.15. The maximum atomic E-state index is 11.5. The Balaban J connectivity index is 1.83. The summed E-state index contributed by atoms with van der Waals surface area (Å²) in [6.07, 6.45) is 13.1. The molecular weight excluding hydrogens is 368 g/mol. The van der Waals surface area contributed by atoms with E-state index in [1.54, 1.807) is 11.8 Å². The van der Waals surface area contributed by atoms with Gasteiger partial charge in [-0.1, -0.05) is 44.9 Å². The second-order valence-electron chi connectivity index (χ2n) is 8.27. The number of ether oxygens (including phenoxy) is 1. The van der Waals surface area contributed by atoms with Crippen LogP contribution in [-0.4, -0.2) is 31.0 Å². The van der Waals surface area contributed by atoms with E-state index in [9.17, 15) is 4.79 Å². The van der Waals surface area contributed by atoms with Crippen molar-refractivity contribution in [2.45, 2.75) is 89.1 Å². The lowest BCUT2D eigenvalue weighted by atomic mass is 10.1. The Labute approximate surface area is 176 Å². The van der Waals surface area contributed by atoms with Gasteiger partial charge in [-0.15, -0.1) is 11.8 Å². The van der Waals surface area contributed by atoms with Crippen LogP contribution in [0.1, 0.15) is 78.6 Å². The molecule has 0 saturated heterocycles. The van der Waals surface area contributed by atoms with E-state index in [2.05, 4.69) is 41.2 Å². The van der Waals surface area contributed by atoms with Gasteiger partial charge in [-0.3, -0.25) is 0 Å². The molecule has 1 amide bonds. The highest BCUT2D eigenvalue weighted by Crippen LogP contribution is 2.17. The van der Waals surface area contributed by atoms with Crippen LogP contribution in [0.15, 0.2) is 29.2 Å². The minimum absolute atomic E-state index is 0.307. The first-order valence-corrected chi connectivity index (χ1v) is 12.0. The first-order valence-electron chi connectivity index (χ1n) is 10.8. The van der Waals surface area contributed by atoms with Crippen molar-refractivity contribution in [1.82, 2.24) is 5.32 Å². The van der Waals surface area contributed by atoms with Crippen LogP contribution in [-0.2, 0) is 4.74 Å². The van der Waals surface area contributed by atoms with E-state index >= 15 is 0 Å². The predicted molar refractivity (Wildman–Crippen MR) is 123 cm³/mol. The number of unbranched alkanes of at least 4 members (excludes halogenated alkanes) is 8. The summed E-state index contributed by atoms with van der Waals surface area (Å²) in [5.74, 6) is 0. The van der Waals surface area contributed by atoms with Crippen molar-refractivity contribution in [2.24, 2.45) is 0 Å². The summed E-state index contributed by atoms with van der Waals surface area (Å²) in [7, 11) is 0. The summed E-state index contributed by atoms with van der Waals surface area (Å²) in [4.78, 5) is 12.8. The van der Waals surface area contributed by atoms with Gasteiger partial charge in [0.15, 0.2) is 0 Å². The highest BCUT2D eigenvalue weighted by Gasteiger charge is 2.15. The number of hydrogen-bond acceptors (Lipinski definition) is 4. The van der Waals surface area contributed by atoms with Crippen LogP contribution >= 0.6 is 11.8 Å². The third-order valence-corrected chi connectivity index (χ3v) is 5.18. The molecule has 0 aliphatic rings. The molecule has 1 aromatic carbocycles. The van der Waals surface area contributed by atoms with Gasteiger partial charge in [-0.25, -0.2) is 4.79 Å². The molecule has 0 aliphatic heterocycles. The van der Waals surface area contributed by atoms with Crippen LogP contribution in [0.3, 0.4) is 0 Å². The van der Waals surface area contributed by atoms with Crippen molar-refractivity contribution in [3.8, 4) is 0 Å². The second kappa shape index (κ2) is 14.6. The summed E-state index contributed by atoms with van der Waals surface area (Å²) in [6, 6.07) is 8.66. The first kappa shape index (κ1) is 24.7. The minimum atomic E-state index is -0.417. The number of amides is 1. The van der Waals surface area contributed by atoms with Crippen LogP contribution in [0.4, 0.5) is 10.5 Å². The Morgan fingerprint density at radius 2 is 1.36 bits per heavy atom. The highest BCUT2D eigenvalue weighted by atomic mass is 32.2. The average molecular weight is 409 g/mol. The zero-order valence-electron chi connectivity index (χ0n) is 18.3. The van der Waals surface area contributed by atoms with Gasteiger partial charge in [-0.05, 0) is 64.1 Å². The van der Waals surface area contributed by atoms with Gasteiger partial charge in [0.05, 0.1) is 0 Å². The smallest absolute Gasteiger partial charge is 0.407 e. The van der Waals surface area contributed by atoms with E-state index in [1.807, 2.05) is 20.8 Å². The molecule has 0 spiro atoms. The largest absolute Gasteiger partial charge is 0.444 e. The van der Waals surface area contributed by atoms with Crippen molar-refractivity contribution in [1.29, 1.82) is 0 Å². The molecule has 4 nitrogen and oxygen atoms in total. The van der Waals surface area contributed by atoms with Crippen LogP contribution in [0.5, 0.6) is 0 Å². The minimum Gasteiger partial charge on any atom is -0.444 e. The van der Waals surface area contributed by atoms with E-state index in [4.69, 9.17) is 4.74 Å². The van der Waals surface area contributed by atoms with Crippen LogP contribution in [0.2, 0.25) is 0 Å². The molecule has 160 valence electrons. The van der Waals surface area contributed by atoms with Crippen LogP contribution in [0.25, 0.3) is 0 Å². The van der Waals surface area contributed by atoms with Crippen LogP contribution < -0.4 is 10.6 Å². The molecule has 0 heterocycles. The third-order valence-electron chi connectivity index (χ3n) is 4.44. The summed E-state index contributed by atoms with van der Waals surface area (Å²) in [5.41, 5.74) is 0.804. The summed E-state index contributed by atoms with van der Waals surface area (Å²) >= 11 is 1.78. The maximum absolute atomic E-state index is 11.5. The molecular formula is C23H40N2O2S. The number of hydrogen-bond donors (Lipinski definition) is 2. The summed E-state index contributed by atoms with van der Waals surface area (Å²) in [5, 5.41) is 6.32. The van der Waals surface area contributed by atoms with Crippen molar-refractivity contribution in [3.05, 3.63) is 24.3 Å². The lowest BCUT2D eigenvalue weighted by Crippen LogP contribution is -2.32. The lowest BCUT2D eigenvalue weighted by Gasteiger charge is -2.19. The summed E-state index contributed by atoms with van der Waals surface area (Å²) in [6.45, 7) is 7.42. The van der Waals surface area contributed by atoms with Gasteiger partial charge < -0.3 is 15.4 Å². The number of benzene rings is 1. The third kappa shape index (κ3) is 13.8. The maximum Gasteiger partial charge on any atom is 0.407 e. The highest BCUT2D eigenvalue weighted by molar-refractivity contribution is 7.98. The molecule has 0 bridgehead atoms. The molecule has 0 aromatic heterocycles. The van der Waals surface area contributed by atoms with Crippen molar-refractivity contribution in [2.75, 3.05) is 24.7 Å². The number of nitrogens with one attached hydrogen (secondary N) is 2. The van der Waals surface area contributed by atoms with Gasteiger partial charge in [0.2, 0.25) is 0 Å². The zero-order chi connectivity index (χ0) is 20.7. The molecule has 1 rings (SSSR count). The van der Waals surface area contributed by atoms with E-state index in [1.165, 1.54) is 61.9 Å². The molecule has 28 heavy (non-hydrogen) atoms. The van der Waals surface area contributed by atoms with Crippen molar-refractivity contribution < 1.29 is 9.53 Å². The molecule has 2 N–H and O–H groups in total. The Bertz CT molecular complexity index is 526. The molecule has 0 unspecified atom stereocenters. The van der Waals surface area contributed by atoms with Gasteiger partial charge in [0.25, 0.3) is 0 Å². The molecule has 0 aliphatic carbocycles. The van der Waals surface area contributed by atoms with E-state index in [-0.39, 0.29) is 6.09 Å². The molecule has 0 atom stereocenters. The first-order chi connectivity index (χ1) is 13.4. The van der Waals surface area contributed by atoms with Crippen LogP contribution in [0, 0.1) is 0 Å². The number of alkyl carbamates (subject to hydrolysis) is 1. The number of thioether (sulfide) groups is 1. The number of anilines is 1. The Morgan fingerprint density at radius 3 is 1.86 bits per heavy atom. The topological polar surface area (TPSA) is 50.4 Å². The quantitative estimate of drug-likeness (QED) is 0.261. The molecule has 0 radical (unpaired) electrons. The Kier molecular flexibility index (Phi) is 12.9. The van der Waals surface area contributed by atoms with Crippen molar-refractivity contribution >= 4 is 23.5 Å². The lowest BCUT2D eigenvalue weighted by molar-refractivity contribution is 0.0527. The van der Waals surface area contributed by atoms with Gasteiger partial charge in [0, 0.05) is 23.7 Å². The van der Waals surface area contributed by atoms with E-state index in [0.29, 0.717) is 6.54 Å². The van der Waals surface area contributed by atoms with Gasteiger partial charge in [0.1, 0.15) is 5.60 Å². The number of carbonyl (C=O) groups excluding carboxylic acids is 1. The fourth-order valence-corrected chi connectivity index (χ4v) is 3.34. The number of rotatable bonds is 14. The average Bonchev–Trinajstić information content (AvgIpc) is 2.64.